The average molecular weight is 421 g/mol. The summed E-state index contributed by atoms with van der Waals surface area (Å²) >= 11 is 0. The van der Waals surface area contributed by atoms with Crippen LogP contribution in [0.25, 0.3) is 10.9 Å². The minimum atomic E-state index is -0.588. The highest BCUT2D eigenvalue weighted by Gasteiger charge is 2.40. The quantitative estimate of drug-likeness (QED) is 0.556. The first kappa shape index (κ1) is 19.9. The maximum Gasteiger partial charge on any atom is 0.195 e. The number of carbonyl (C=O) groups is 1. The number of ketones is 1. The number of aromatic nitrogens is 1. The van der Waals surface area contributed by atoms with Crippen molar-refractivity contribution in [1.82, 2.24) is 4.98 Å². The second-order valence-electron chi connectivity index (χ2n) is 9.29. The molecule has 1 saturated heterocycles. The average Bonchev–Trinajstić information content (AvgIpc) is 3.28. The van der Waals surface area contributed by atoms with Gasteiger partial charge in [-0.05, 0) is 49.7 Å². The lowest BCUT2D eigenvalue weighted by atomic mass is 9.71. The number of ether oxygens (including phenoxy) is 3. The number of hydrogen-bond donors (Lipinski definition) is 3. The van der Waals surface area contributed by atoms with Crippen molar-refractivity contribution in [3.05, 3.63) is 52.7 Å². The number of carbonyl (C=O) groups excluding carboxylic acids is 1. The Morgan fingerprint density at radius 2 is 1.94 bits per heavy atom. The molecule has 0 bridgehead atoms. The summed E-state index contributed by atoms with van der Waals surface area (Å²) in [6, 6.07) is 9.22. The van der Waals surface area contributed by atoms with E-state index in [0.717, 1.165) is 16.6 Å². The standard InChI is InChI=1S/C24H27N3O4/c1-23(2)16-9-12(29-10-13-11-30-24(3,4)31-13)5-6-14(16)21(28)18-15-7-8-17(25)19(26)20(15)27-22(18)23/h5-9,13,27H,10-11,25-26H2,1-4H3/t13-/m0/s1. The molecule has 1 aromatic heterocycles. The van der Waals surface area contributed by atoms with E-state index in [0.29, 0.717) is 47.0 Å². The van der Waals surface area contributed by atoms with Crippen LogP contribution < -0.4 is 16.2 Å². The van der Waals surface area contributed by atoms with Crippen molar-refractivity contribution in [3.8, 4) is 5.75 Å². The molecule has 31 heavy (non-hydrogen) atoms. The molecule has 2 aromatic carbocycles. The van der Waals surface area contributed by atoms with Gasteiger partial charge in [-0.1, -0.05) is 13.8 Å². The molecule has 162 valence electrons. The van der Waals surface area contributed by atoms with E-state index in [9.17, 15) is 4.79 Å². The maximum absolute atomic E-state index is 13.4. The Morgan fingerprint density at radius 1 is 1.16 bits per heavy atom. The molecule has 3 aromatic rings. The number of fused-ring (bicyclic) bond motifs is 4. The molecule has 2 heterocycles. The predicted octanol–water partition coefficient (Wildman–Crippen LogP) is 3.73. The molecule has 5 N–H and O–H groups in total. The van der Waals surface area contributed by atoms with Crippen molar-refractivity contribution in [1.29, 1.82) is 0 Å². The van der Waals surface area contributed by atoms with Crippen molar-refractivity contribution < 1.29 is 19.0 Å². The Balaban J connectivity index is 1.52. The molecule has 1 atom stereocenters. The first-order chi connectivity index (χ1) is 14.6. The first-order valence-corrected chi connectivity index (χ1v) is 10.4. The number of nitrogen functional groups attached to an aromatic ring is 2. The minimum absolute atomic E-state index is 0.0272. The van der Waals surface area contributed by atoms with Crippen molar-refractivity contribution in [2.75, 3.05) is 24.7 Å². The van der Waals surface area contributed by atoms with Gasteiger partial charge in [0.1, 0.15) is 18.5 Å². The summed E-state index contributed by atoms with van der Waals surface area (Å²) in [5.41, 5.74) is 16.5. The Morgan fingerprint density at radius 3 is 2.65 bits per heavy atom. The second-order valence-corrected chi connectivity index (χ2v) is 9.29. The van der Waals surface area contributed by atoms with E-state index in [4.69, 9.17) is 25.7 Å². The molecule has 0 spiro atoms. The summed E-state index contributed by atoms with van der Waals surface area (Å²) in [6.45, 7) is 8.82. The number of nitrogens with one attached hydrogen (secondary N) is 1. The third kappa shape index (κ3) is 2.99. The van der Waals surface area contributed by atoms with E-state index in [2.05, 4.69) is 18.8 Å². The topological polar surface area (TPSA) is 113 Å². The van der Waals surface area contributed by atoms with Crippen LogP contribution in [0.15, 0.2) is 30.3 Å². The number of hydrogen-bond acceptors (Lipinski definition) is 6. The molecular formula is C24H27N3O4. The molecule has 2 aliphatic rings. The summed E-state index contributed by atoms with van der Waals surface area (Å²) in [4.78, 5) is 16.8. The highest BCUT2D eigenvalue weighted by molar-refractivity contribution is 6.21. The molecule has 0 radical (unpaired) electrons. The number of aromatic amines is 1. The monoisotopic (exact) mass is 421 g/mol. The Bertz CT molecular complexity index is 1230. The van der Waals surface area contributed by atoms with Gasteiger partial charge in [0.15, 0.2) is 11.6 Å². The van der Waals surface area contributed by atoms with Crippen LogP contribution in [-0.2, 0) is 14.9 Å². The summed E-state index contributed by atoms with van der Waals surface area (Å²) < 4.78 is 17.4. The normalized spacial score (nSPS) is 21.2. The Labute approximate surface area is 180 Å². The van der Waals surface area contributed by atoms with Gasteiger partial charge < -0.3 is 30.7 Å². The van der Waals surface area contributed by atoms with Crippen LogP contribution in [0.5, 0.6) is 5.75 Å². The fourth-order valence-electron chi connectivity index (χ4n) is 4.64. The number of rotatable bonds is 3. The molecule has 1 fully saturated rings. The van der Waals surface area contributed by atoms with Crippen LogP contribution in [0.4, 0.5) is 11.4 Å². The van der Waals surface area contributed by atoms with E-state index in [-0.39, 0.29) is 11.9 Å². The highest BCUT2D eigenvalue weighted by Crippen LogP contribution is 2.46. The zero-order valence-electron chi connectivity index (χ0n) is 18.2. The summed E-state index contributed by atoms with van der Waals surface area (Å²) in [5.74, 6) is 0.0760. The fraction of sp³-hybridized carbons (Fsp3) is 0.375. The largest absolute Gasteiger partial charge is 0.491 e. The van der Waals surface area contributed by atoms with Crippen molar-refractivity contribution >= 4 is 28.1 Å². The van der Waals surface area contributed by atoms with Crippen LogP contribution in [0.3, 0.4) is 0 Å². The van der Waals surface area contributed by atoms with E-state index >= 15 is 0 Å². The Hall–Kier alpha value is -3.03. The van der Waals surface area contributed by atoms with Crippen LogP contribution in [0.2, 0.25) is 0 Å². The molecule has 7 heteroatoms. The van der Waals surface area contributed by atoms with Crippen LogP contribution in [-0.4, -0.2) is 35.9 Å². The van der Waals surface area contributed by atoms with Gasteiger partial charge in [-0.15, -0.1) is 0 Å². The first-order valence-electron chi connectivity index (χ1n) is 10.4. The van der Waals surface area contributed by atoms with Crippen LogP contribution >= 0.6 is 0 Å². The van der Waals surface area contributed by atoms with Gasteiger partial charge in [-0.2, -0.15) is 0 Å². The lowest BCUT2D eigenvalue weighted by Gasteiger charge is -2.32. The zero-order chi connectivity index (χ0) is 22.1. The smallest absolute Gasteiger partial charge is 0.195 e. The number of benzene rings is 2. The molecule has 0 saturated carbocycles. The van der Waals surface area contributed by atoms with Gasteiger partial charge in [0.05, 0.1) is 29.1 Å². The van der Waals surface area contributed by atoms with E-state index in [1.807, 2.05) is 38.1 Å². The molecule has 0 unspecified atom stereocenters. The number of nitrogens with two attached hydrogens (primary N) is 2. The zero-order valence-corrected chi connectivity index (χ0v) is 18.2. The van der Waals surface area contributed by atoms with Gasteiger partial charge >= 0.3 is 0 Å². The van der Waals surface area contributed by atoms with E-state index in [1.54, 1.807) is 6.07 Å². The third-order valence-electron chi connectivity index (χ3n) is 6.31. The van der Waals surface area contributed by atoms with Crippen molar-refractivity contribution in [2.24, 2.45) is 0 Å². The molecule has 7 nitrogen and oxygen atoms in total. The fourth-order valence-corrected chi connectivity index (χ4v) is 4.64. The maximum atomic E-state index is 13.4. The van der Waals surface area contributed by atoms with Gasteiger partial charge in [-0.25, -0.2) is 0 Å². The van der Waals surface area contributed by atoms with Gasteiger partial charge in [0.25, 0.3) is 0 Å². The number of anilines is 2. The summed E-state index contributed by atoms with van der Waals surface area (Å²) in [5, 5.41) is 0.798. The number of H-pyrrole nitrogens is 1. The van der Waals surface area contributed by atoms with E-state index in [1.165, 1.54) is 0 Å². The van der Waals surface area contributed by atoms with Crippen molar-refractivity contribution in [2.45, 2.75) is 45.0 Å². The van der Waals surface area contributed by atoms with Gasteiger partial charge in [0.2, 0.25) is 0 Å². The molecule has 0 amide bonds. The van der Waals surface area contributed by atoms with E-state index < -0.39 is 11.2 Å². The minimum Gasteiger partial charge on any atom is -0.491 e. The molecule has 1 aliphatic carbocycles. The van der Waals surface area contributed by atoms with Crippen LogP contribution in [0, 0.1) is 0 Å². The lowest BCUT2D eigenvalue weighted by molar-refractivity contribution is -0.141. The third-order valence-corrected chi connectivity index (χ3v) is 6.31. The summed E-state index contributed by atoms with van der Waals surface area (Å²) in [7, 11) is 0. The SMILES string of the molecule is CC1(C)OC[C@H](COc2ccc3c(c2)C(C)(C)c2[nH]c4c(N)c(N)ccc4c2C3=O)O1. The highest BCUT2D eigenvalue weighted by atomic mass is 16.7. The molecule has 1 aliphatic heterocycles. The van der Waals surface area contributed by atoms with Crippen LogP contribution in [0.1, 0.15) is 54.9 Å². The van der Waals surface area contributed by atoms with Gasteiger partial charge in [-0.3, -0.25) is 4.79 Å². The molecular weight excluding hydrogens is 394 g/mol. The summed E-state index contributed by atoms with van der Waals surface area (Å²) in [6.07, 6.45) is -0.130. The molecule has 5 rings (SSSR count). The van der Waals surface area contributed by atoms with Crippen molar-refractivity contribution in [3.63, 3.8) is 0 Å². The second kappa shape index (κ2) is 6.48. The predicted molar refractivity (Wildman–Crippen MR) is 120 cm³/mol. The Kier molecular flexibility index (Phi) is 4.16. The van der Waals surface area contributed by atoms with Gasteiger partial charge in [0, 0.05) is 22.1 Å². The lowest BCUT2D eigenvalue weighted by Crippen LogP contribution is -2.30.